The topological polar surface area (TPSA) is 121 Å². The van der Waals surface area contributed by atoms with Gasteiger partial charge >= 0.3 is 5.69 Å². The summed E-state index contributed by atoms with van der Waals surface area (Å²) in [5, 5.41) is 14.3. The number of aromatic nitrogens is 5. The number of nitrogen functional groups attached to an aromatic ring is 1. The van der Waals surface area contributed by atoms with E-state index < -0.39 is 13.8 Å². The SMILES string of the molecule is Cc1cc(-c2c(-c3ccccc3)nc(N)n3c(=O)n(COCC[Si](C)(C)C)nc23)cc(CO)n1. The van der Waals surface area contributed by atoms with Crippen molar-refractivity contribution < 1.29 is 9.84 Å². The summed E-state index contributed by atoms with van der Waals surface area (Å²) in [5.41, 5.74) is 10.3. The van der Waals surface area contributed by atoms with Crippen LogP contribution in [0.15, 0.2) is 47.3 Å². The third-order valence-corrected chi connectivity index (χ3v) is 7.17. The van der Waals surface area contributed by atoms with Gasteiger partial charge in [-0.25, -0.2) is 14.2 Å². The number of ether oxygens (including phenoxy) is 1. The quantitative estimate of drug-likeness (QED) is 0.294. The van der Waals surface area contributed by atoms with Crippen LogP contribution >= 0.6 is 0 Å². The molecule has 0 aliphatic rings. The highest BCUT2D eigenvalue weighted by Crippen LogP contribution is 2.34. The van der Waals surface area contributed by atoms with Crippen LogP contribution < -0.4 is 11.4 Å². The van der Waals surface area contributed by atoms with Gasteiger partial charge in [0.25, 0.3) is 0 Å². The van der Waals surface area contributed by atoms with Crippen LogP contribution in [0.25, 0.3) is 28.0 Å². The standard InChI is InChI=1S/C24H30N6O3Si/c1-16-12-18(13-19(14-31)26-16)20-21(17-8-6-5-7-9-17)27-23(25)30-22(20)28-29(24(30)32)15-33-10-11-34(2,3)4/h5-9,12-13,31H,10-11,14-15H2,1-4H3,(H2,25,27). The number of pyridine rings is 1. The molecule has 0 aliphatic heterocycles. The molecule has 4 aromatic rings. The first-order chi connectivity index (χ1) is 16.2. The summed E-state index contributed by atoms with van der Waals surface area (Å²) in [7, 11) is -1.26. The van der Waals surface area contributed by atoms with Gasteiger partial charge in [0.05, 0.1) is 23.6 Å². The number of hydrogen-bond acceptors (Lipinski definition) is 7. The second-order valence-electron chi connectivity index (χ2n) is 9.50. The molecule has 4 rings (SSSR count). The Balaban J connectivity index is 1.90. The summed E-state index contributed by atoms with van der Waals surface area (Å²) in [5.74, 6) is 0.0455. The van der Waals surface area contributed by atoms with Crippen molar-refractivity contribution in [3.8, 4) is 22.4 Å². The van der Waals surface area contributed by atoms with E-state index >= 15 is 0 Å². The van der Waals surface area contributed by atoms with Crippen LogP contribution in [0.4, 0.5) is 5.95 Å². The maximum atomic E-state index is 13.2. The second-order valence-corrected chi connectivity index (χ2v) is 15.1. The molecule has 0 saturated carbocycles. The van der Waals surface area contributed by atoms with E-state index in [9.17, 15) is 9.90 Å². The average Bonchev–Trinajstić information content (AvgIpc) is 3.12. The fourth-order valence-electron chi connectivity index (χ4n) is 3.75. The van der Waals surface area contributed by atoms with E-state index in [1.807, 2.05) is 43.3 Å². The smallest absolute Gasteiger partial charge is 0.355 e. The minimum Gasteiger partial charge on any atom is -0.390 e. The Morgan fingerprint density at radius 1 is 1.09 bits per heavy atom. The van der Waals surface area contributed by atoms with Crippen LogP contribution in [0.3, 0.4) is 0 Å². The van der Waals surface area contributed by atoms with E-state index in [2.05, 4.69) is 34.7 Å². The van der Waals surface area contributed by atoms with Gasteiger partial charge in [-0.2, -0.15) is 4.68 Å². The Labute approximate surface area is 198 Å². The molecule has 0 amide bonds. The number of nitrogens with zero attached hydrogens (tertiary/aromatic N) is 5. The molecular formula is C24H30N6O3Si. The van der Waals surface area contributed by atoms with Crippen molar-refractivity contribution in [1.29, 1.82) is 0 Å². The van der Waals surface area contributed by atoms with Crippen LogP contribution in [0.1, 0.15) is 11.4 Å². The van der Waals surface area contributed by atoms with Crippen molar-refractivity contribution in [3.63, 3.8) is 0 Å². The molecule has 0 fully saturated rings. The van der Waals surface area contributed by atoms with Crippen molar-refractivity contribution in [1.82, 2.24) is 24.1 Å². The normalized spacial score (nSPS) is 11.9. The van der Waals surface area contributed by atoms with Crippen LogP contribution in [0.2, 0.25) is 25.7 Å². The van der Waals surface area contributed by atoms with E-state index in [0.29, 0.717) is 29.2 Å². The number of aryl methyl sites for hydroxylation is 1. The summed E-state index contributed by atoms with van der Waals surface area (Å²) in [4.78, 5) is 22.2. The van der Waals surface area contributed by atoms with Gasteiger partial charge in [-0.15, -0.1) is 5.10 Å². The predicted molar refractivity (Wildman–Crippen MR) is 135 cm³/mol. The third kappa shape index (κ3) is 4.93. The number of rotatable bonds is 8. The number of aliphatic hydroxyl groups excluding tert-OH is 1. The zero-order valence-electron chi connectivity index (χ0n) is 19.9. The first-order valence-electron chi connectivity index (χ1n) is 11.2. The van der Waals surface area contributed by atoms with Gasteiger partial charge < -0.3 is 15.6 Å². The van der Waals surface area contributed by atoms with Gasteiger partial charge in [0.15, 0.2) is 5.65 Å². The summed E-state index contributed by atoms with van der Waals surface area (Å²) in [6.45, 7) is 9.05. The van der Waals surface area contributed by atoms with Crippen molar-refractivity contribution in [2.45, 2.75) is 45.9 Å². The van der Waals surface area contributed by atoms with Crippen LogP contribution in [0.5, 0.6) is 0 Å². The molecule has 3 aromatic heterocycles. The lowest BCUT2D eigenvalue weighted by molar-refractivity contribution is 0.0761. The van der Waals surface area contributed by atoms with Gasteiger partial charge in [-0.3, -0.25) is 4.98 Å². The minimum absolute atomic E-state index is 0.0296. The molecule has 178 valence electrons. The fraction of sp³-hybridized carbons (Fsp3) is 0.333. The van der Waals surface area contributed by atoms with E-state index in [1.54, 1.807) is 6.07 Å². The molecule has 34 heavy (non-hydrogen) atoms. The Morgan fingerprint density at radius 2 is 1.82 bits per heavy atom. The Bertz CT molecular complexity index is 1380. The Kier molecular flexibility index (Phi) is 6.64. The maximum absolute atomic E-state index is 13.2. The third-order valence-electron chi connectivity index (χ3n) is 5.47. The first kappa shape index (κ1) is 23.8. The first-order valence-corrected chi connectivity index (χ1v) is 14.9. The van der Waals surface area contributed by atoms with E-state index in [1.165, 1.54) is 9.08 Å². The highest BCUT2D eigenvalue weighted by Gasteiger charge is 2.22. The van der Waals surface area contributed by atoms with Gasteiger partial charge in [0.2, 0.25) is 5.95 Å². The monoisotopic (exact) mass is 478 g/mol. The van der Waals surface area contributed by atoms with Crippen molar-refractivity contribution in [2.75, 3.05) is 12.3 Å². The van der Waals surface area contributed by atoms with Crippen molar-refractivity contribution in [3.05, 3.63) is 64.3 Å². The Hall–Kier alpha value is -3.34. The number of nitrogens with two attached hydrogens (primary N) is 1. The molecule has 9 nitrogen and oxygen atoms in total. The maximum Gasteiger partial charge on any atom is 0.355 e. The lowest BCUT2D eigenvalue weighted by Crippen LogP contribution is -2.26. The molecule has 1 aromatic carbocycles. The molecular weight excluding hydrogens is 448 g/mol. The van der Waals surface area contributed by atoms with E-state index in [-0.39, 0.29) is 19.3 Å². The van der Waals surface area contributed by atoms with Gasteiger partial charge in [-0.05, 0) is 30.7 Å². The summed E-state index contributed by atoms with van der Waals surface area (Å²) < 4.78 is 8.36. The Morgan fingerprint density at radius 3 is 2.50 bits per heavy atom. The number of hydrogen-bond donors (Lipinski definition) is 2. The zero-order valence-corrected chi connectivity index (χ0v) is 20.9. The molecule has 0 saturated heterocycles. The fourth-order valence-corrected chi connectivity index (χ4v) is 4.51. The average molecular weight is 479 g/mol. The predicted octanol–water partition coefficient (Wildman–Crippen LogP) is 3.32. The molecule has 3 heterocycles. The number of fused-ring (bicyclic) bond motifs is 1. The van der Waals surface area contributed by atoms with Crippen LogP contribution in [0, 0.1) is 6.92 Å². The molecule has 0 spiro atoms. The lowest BCUT2D eigenvalue weighted by Gasteiger charge is -2.14. The van der Waals surface area contributed by atoms with Gasteiger partial charge in [-0.1, -0.05) is 50.0 Å². The van der Waals surface area contributed by atoms with Crippen LogP contribution in [-0.4, -0.2) is 43.9 Å². The number of aliphatic hydroxyl groups is 1. The summed E-state index contributed by atoms with van der Waals surface area (Å²) in [6.07, 6.45) is 0. The molecule has 0 aliphatic carbocycles. The molecule has 0 unspecified atom stereocenters. The van der Waals surface area contributed by atoms with Crippen LogP contribution in [-0.2, 0) is 18.1 Å². The van der Waals surface area contributed by atoms with Gasteiger partial charge in [0.1, 0.15) is 6.73 Å². The molecule has 0 bridgehead atoms. The summed E-state index contributed by atoms with van der Waals surface area (Å²) in [6, 6.07) is 14.2. The molecule has 10 heteroatoms. The second kappa shape index (κ2) is 9.49. The molecule has 0 atom stereocenters. The summed E-state index contributed by atoms with van der Waals surface area (Å²) >= 11 is 0. The largest absolute Gasteiger partial charge is 0.390 e. The van der Waals surface area contributed by atoms with E-state index in [0.717, 1.165) is 22.9 Å². The number of anilines is 1. The van der Waals surface area contributed by atoms with Crippen molar-refractivity contribution >= 4 is 19.7 Å². The minimum atomic E-state index is -1.26. The van der Waals surface area contributed by atoms with Gasteiger partial charge in [0, 0.05) is 25.9 Å². The highest BCUT2D eigenvalue weighted by molar-refractivity contribution is 6.76. The van der Waals surface area contributed by atoms with Crippen molar-refractivity contribution in [2.24, 2.45) is 0 Å². The molecule has 0 radical (unpaired) electrons. The zero-order chi connectivity index (χ0) is 24.5. The molecule has 3 N–H and O–H groups in total. The number of benzene rings is 1. The lowest BCUT2D eigenvalue weighted by atomic mass is 9.99. The van der Waals surface area contributed by atoms with E-state index in [4.69, 9.17) is 10.5 Å². The highest BCUT2D eigenvalue weighted by atomic mass is 28.3.